The highest BCUT2D eigenvalue weighted by Gasteiger charge is 2.41. The van der Waals surface area contributed by atoms with Gasteiger partial charge in [-0.1, -0.05) is 32.9 Å². The van der Waals surface area contributed by atoms with Crippen LogP contribution in [0.1, 0.15) is 40.0 Å². The van der Waals surface area contributed by atoms with E-state index in [4.69, 9.17) is 5.73 Å². The van der Waals surface area contributed by atoms with Crippen molar-refractivity contribution < 1.29 is 0 Å². The molecule has 0 saturated heterocycles. The van der Waals surface area contributed by atoms with Gasteiger partial charge in [0, 0.05) is 5.54 Å². The lowest BCUT2D eigenvalue weighted by atomic mass is 9.85. The van der Waals surface area contributed by atoms with Gasteiger partial charge in [0.05, 0.1) is 0 Å². The molecule has 0 aromatic heterocycles. The Hall–Kier alpha value is -0.300. The predicted molar refractivity (Wildman–Crippen MR) is 49.4 cm³/mol. The average molecular weight is 153 g/mol. The van der Waals surface area contributed by atoms with Gasteiger partial charge in [-0.05, 0) is 24.7 Å². The van der Waals surface area contributed by atoms with Gasteiger partial charge in [0.15, 0.2) is 0 Å². The highest BCUT2D eigenvalue weighted by atomic mass is 14.8. The second-order valence-corrected chi connectivity index (χ2v) is 5.00. The summed E-state index contributed by atoms with van der Waals surface area (Å²) in [5.74, 6) is 0. The molecule has 2 N–H and O–H groups in total. The van der Waals surface area contributed by atoms with Crippen LogP contribution in [0.25, 0.3) is 0 Å². The van der Waals surface area contributed by atoms with Gasteiger partial charge in [-0.2, -0.15) is 0 Å². The molecule has 0 atom stereocenters. The van der Waals surface area contributed by atoms with Crippen LogP contribution in [-0.2, 0) is 0 Å². The van der Waals surface area contributed by atoms with Crippen LogP contribution in [0.5, 0.6) is 0 Å². The molecule has 1 nitrogen and oxygen atoms in total. The Bertz CT molecular complexity index is 170. The maximum absolute atomic E-state index is 6.00. The molecule has 64 valence electrons. The first-order valence-corrected chi connectivity index (χ1v) is 4.31. The molecule has 0 radical (unpaired) electrons. The van der Waals surface area contributed by atoms with Gasteiger partial charge in [-0.15, -0.1) is 0 Å². The quantitative estimate of drug-likeness (QED) is 0.606. The molecule has 0 heterocycles. The van der Waals surface area contributed by atoms with Crippen molar-refractivity contribution in [2.24, 2.45) is 11.1 Å². The molecule has 1 rings (SSSR count). The van der Waals surface area contributed by atoms with E-state index in [1.165, 1.54) is 5.57 Å². The molecule has 0 spiro atoms. The third-order valence-electron chi connectivity index (χ3n) is 2.24. The van der Waals surface area contributed by atoms with Gasteiger partial charge in [0.25, 0.3) is 0 Å². The van der Waals surface area contributed by atoms with Crippen LogP contribution in [0, 0.1) is 5.41 Å². The third kappa shape index (κ3) is 2.33. The Morgan fingerprint density at radius 1 is 1.45 bits per heavy atom. The Morgan fingerprint density at radius 3 is 2.18 bits per heavy atom. The fourth-order valence-corrected chi connectivity index (χ4v) is 1.30. The van der Waals surface area contributed by atoms with Crippen LogP contribution in [0.15, 0.2) is 12.2 Å². The zero-order valence-electron chi connectivity index (χ0n) is 7.91. The largest absolute Gasteiger partial charge is 0.322 e. The first kappa shape index (κ1) is 8.79. The average Bonchev–Trinajstić information content (AvgIpc) is 2.44. The molecule has 1 saturated carbocycles. The SMILES string of the molecule is C=C(CC(C)(C)C)C1(N)CC1. The normalized spacial score (nSPS) is 21.5. The van der Waals surface area contributed by atoms with E-state index in [2.05, 4.69) is 27.4 Å². The molecule has 0 bridgehead atoms. The van der Waals surface area contributed by atoms with E-state index in [0.717, 1.165) is 19.3 Å². The molecule has 0 aliphatic heterocycles. The van der Waals surface area contributed by atoms with Crippen molar-refractivity contribution in [2.75, 3.05) is 0 Å². The molecule has 1 aliphatic carbocycles. The molecule has 0 amide bonds. The molecule has 1 aliphatic rings. The van der Waals surface area contributed by atoms with Crippen molar-refractivity contribution in [1.29, 1.82) is 0 Å². The Labute approximate surface area is 69.7 Å². The molecule has 1 fully saturated rings. The van der Waals surface area contributed by atoms with E-state index in [1.54, 1.807) is 0 Å². The summed E-state index contributed by atoms with van der Waals surface area (Å²) in [5.41, 5.74) is 7.60. The van der Waals surface area contributed by atoms with Crippen molar-refractivity contribution in [1.82, 2.24) is 0 Å². The molecular weight excluding hydrogens is 134 g/mol. The lowest BCUT2D eigenvalue weighted by Gasteiger charge is -2.23. The van der Waals surface area contributed by atoms with Crippen LogP contribution in [0.3, 0.4) is 0 Å². The van der Waals surface area contributed by atoms with Crippen molar-refractivity contribution in [3.63, 3.8) is 0 Å². The zero-order chi connectivity index (χ0) is 8.70. The summed E-state index contributed by atoms with van der Waals surface area (Å²) >= 11 is 0. The molecule has 0 unspecified atom stereocenters. The van der Waals surface area contributed by atoms with Crippen LogP contribution in [0.2, 0.25) is 0 Å². The maximum atomic E-state index is 6.00. The maximum Gasteiger partial charge on any atom is 0.0368 e. The number of hydrogen-bond donors (Lipinski definition) is 1. The van der Waals surface area contributed by atoms with Crippen molar-refractivity contribution in [3.8, 4) is 0 Å². The van der Waals surface area contributed by atoms with Crippen molar-refractivity contribution in [2.45, 2.75) is 45.6 Å². The zero-order valence-corrected chi connectivity index (χ0v) is 7.91. The Morgan fingerprint density at radius 2 is 1.91 bits per heavy atom. The van der Waals surface area contributed by atoms with E-state index in [9.17, 15) is 0 Å². The Balaban J connectivity index is 2.45. The summed E-state index contributed by atoms with van der Waals surface area (Å²) in [6, 6.07) is 0. The number of hydrogen-bond acceptors (Lipinski definition) is 1. The summed E-state index contributed by atoms with van der Waals surface area (Å²) in [5, 5.41) is 0. The van der Waals surface area contributed by atoms with Crippen LogP contribution >= 0.6 is 0 Å². The van der Waals surface area contributed by atoms with Gasteiger partial charge in [-0.3, -0.25) is 0 Å². The topological polar surface area (TPSA) is 26.0 Å². The lowest BCUT2D eigenvalue weighted by molar-refractivity contribution is 0.397. The lowest BCUT2D eigenvalue weighted by Crippen LogP contribution is -2.26. The van der Waals surface area contributed by atoms with E-state index in [1.807, 2.05) is 0 Å². The first-order valence-electron chi connectivity index (χ1n) is 4.31. The fourth-order valence-electron chi connectivity index (χ4n) is 1.30. The molecule has 1 heteroatoms. The minimum atomic E-state index is 0.0211. The summed E-state index contributed by atoms with van der Waals surface area (Å²) in [4.78, 5) is 0. The monoisotopic (exact) mass is 153 g/mol. The van der Waals surface area contributed by atoms with Gasteiger partial charge in [0.2, 0.25) is 0 Å². The minimum Gasteiger partial charge on any atom is -0.322 e. The summed E-state index contributed by atoms with van der Waals surface area (Å²) in [6.07, 6.45) is 3.34. The summed E-state index contributed by atoms with van der Waals surface area (Å²) < 4.78 is 0. The first-order chi connectivity index (χ1) is 4.83. The van der Waals surface area contributed by atoms with Crippen LogP contribution < -0.4 is 5.73 Å². The second kappa shape index (κ2) is 2.34. The van der Waals surface area contributed by atoms with Crippen molar-refractivity contribution >= 4 is 0 Å². The van der Waals surface area contributed by atoms with Crippen LogP contribution in [-0.4, -0.2) is 5.54 Å². The Kier molecular flexibility index (Phi) is 1.87. The minimum absolute atomic E-state index is 0.0211. The smallest absolute Gasteiger partial charge is 0.0368 e. The van der Waals surface area contributed by atoms with Gasteiger partial charge in [-0.25, -0.2) is 0 Å². The number of nitrogens with two attached hydrogens (primary N) is 1. The summed E-state index contributed by atoms with van der Waals surface area (Å²) in [7, 11) is 0. The highest BCUT2D eigenvalue weighted by molar-refractivity contribution is 5.25. The van der Waals surface area contributed by atoms with E-state index >= 15 is 0 Å². The van der Waals surface area contributed by atoms with E-state index in [0.29, 0.717) is 5.41 Å². The van der Waals surface area contributed by atoms with Crippen LogP contribution in [0.4, 0.5) is 0 Å². The van der Waals surface area contributed by atoms with Gasteiger partial charge < -0.3 is 5.73 Å². The number of rotatable bonds is 2. The fraction of sp³-hybridized carbons (Fsp3) is 0.800. The van der Waals surface area contributed by atoms with Gasteiger partial charge >= 0.3 is 0 Å². The molecule has 0 aromatic carbocycles. The van der Waals surface area contributed by atoms with Crippen molar-refractivity contribution in [3.05, 3.63) is 12.2 Å². The molecular formula is C10H19N. The van der Waals surface area contributed by atoms with Gasteiger partial charge in [0.1, 0.15) is 0 Å². The van der Waals surface area contributed by atoms with E-state index < -0.39 is 0 Å². The standard InChI is InChI=1S/C10H19N/c1-8(7-9(2,3)4)10(11)5-6-10/h1,5-7,11H2,2-4H3. The highest BCUT2D eigenvalue weighted by Crippen LogP contribution is 2.42. The predicted octanol–water partition coefficient (Wildman–Crippen LogP) is 2.47. The summed E-state index contributed by atoms with van der Waals surface area (Å²) in [6.45, 7) is 10.7. The van der Waals surface area contributed by atoms with E-state index in [-0.39, 0.29) is 5.54 Å². The third-order valence-corrected chi connectivity index (χ3v) is 2.24. The second-order valence-electron chi connectivity index (χ2n) is 5.00. The molecule has 0 aromatic rings. The molecule has 11 heavy (non-hydrogen) atoms.